The number of amides is 3. The van der Waals surface area contributed by atoms with Crippen LogP contribution in [0.25, 0.3) is 0 Å². The van der Waals surface area contributed by atoms with E-state index in [1.807, 2.05) is 20.8 Å². The number of carbonyl (C=O) groups is 5. The number of nitrogens with zero attached hydrogens (tertiary/aromatic N) is 3. The first-order valence-corrected chi connectivity index (χ1v) is 25.9. The Morgan fingerprint density at radius 3 is 2.11 bits per heavy atom. The van der Waals surface area contributed by atoms with Crippen molar-refractivity contribution in [3.8, 4) is 0 Å². The van der Waals surface area contributed by atoms with Gasteiger partial charge in [0, 0.05) is 56.5 Å². The standard InChI is InChI=1S/C49H79N5O8S/c1-10-34-28-47(34,44(59)51-63(60,61)54(25-26-62-9)35-20-21-35)30-40(56)38-29-49(46(7,8)48(49)22-16-23-48)31-53(38)43(58)36(45(4,5)6)27-39(55)41(33-17-12-11-13-18-33)50-42(57)37-19-14-15-24-52(37)32(2)3/h10,32-38,41H,1,11-31H2,2-9H3,(H,50,57)(H,51,59)/t34-,36-,37+,38+,41+,47-,49-/m1/s1. The minimum atomic E-state index is -4.21. The van der Waals surface area contributed by atoms with Crippen LogP contribution in [0.5, 0.6) is 0 Å². The van der Waals surface area contributed by atoms with Gasteiger partial charge in [0.05, 0.1) is 30.1 Å². The van der Waals surface area contributed by atoms with Crippen LogP contribution in [0.1, 0.15) is 158 Å². The van der Waals surface area contributed by atoms with Crippen molar-refractivity contribution in [2.45, 2.75) is 188 Å². The molecule has 0 aromatic heterocycles. The number of methoxy groups -OCH3 is 1. The van der Waals surface area contributed by atoms with E-state index in [1.165, 1.54) is 11.4 Å². The molecule has 7 rings (SSSR count). The third kappa shape index (κ3) is 8.74. The van der Waals surface area contributed by atoms with Gasteiger partial charge in [0.15, 0.2) is 11.6 Å². The first kappa shape index (κ1) is 48.3. The van der Waals surface area contributed by atoms with Crippen LogP contribution in [0.3, 0.4) is 0 Å². The molecule has 2 saturated heterocycles. The number of likely N-dealkylation sites (tertiary alicyclic amines) is 2. The van der Waals surface area contributed by atoms with Crippen LogP contribution >= 0.6 is 0 Å². The highest BCUT2D eigenvalue weighted by molar-refractivity contribution is 7.87. The molecule has 0 radical (unpaired) electrons. The highest BCUT2D eigenvalue weighted by atomic mass is 32.2. The normalized spacial score (nSPS) is 31.4. The number of nitrogens with one attached hydrogen (secondary N) is 2. The Balaban J connectivity index is 1.15. The first-order valence-electron chi connectivity index (χ1n) is 24.5. The van der Waals surface area contributed by atoms with Gasteiger partial charge in [-0.2, -0.15) is 12.7 Å². The second-order valence-electron chi connectivity index (χ2n) is 22.8. The fourth-order valence-corrected chi connectivity index (χ4v) is 14.9. The molecule has 0 unspecified atom stereocenters. The van der Waals surface area contributed by atoms with Crippen LogP contribution in [0.4, 0.5) is 0 Å². The largest absolute Gasteiger partial charge is 0.383 e. The molecule has 354 valence electrons. The first-order chi connectivity index (χ1) is 29.6. The Kier molecular flexibility index (Phi) is 13.7. The molecule has 2 N–H and O–H groups in total. The van der Waals surface area contributed by atoms with Gasteiger partial charge < -0.3 is 15.0 Å². The van der Waals surface area contributed by atoms with E-state index < -0.39 is 50.9 Å². The van der Waals surface area contributed by atoms with Gasteiger partial charge >= 0.3 is 10.2 Å². The van der Waals surface area contributed by atoms with Crippen LogP contribution in [0, 0.1) is 44.8 Å². The lowest BCUT2D eigenvalue weighted by Gasteiger charge is -2.40. The van der Waals surface area contributed by atoms with E-state index in [1.54, 1.807) is 11.0 Å². The van der Waals surface area contributed by atoms with Gasteiger partial charge in [0.2, 0.25) is 17.7 Å². The quantitative estimate of drug-likeness (QED) is 0.141. The van der Waals surface area contributed by atoms with Crippen molar-refractivity contribution < 1.29 is 37.1 Å². The van der Waals surface area contributed by atoms with Gasteiger partial charge in [-0.3, -0.25) is 28.9 Å². The second-order valence-corrected chi connectivity index (χ2v) is 24.4. The molecule has 0 aromatic rings. The van der Waals surface area contributed by atoms with E-state index in [4.69, 9.17) is 4.74 Å². The summed E-state index contributed by atoms with van der Waals surface area (Å²) in [7, 11) is -2.71. The van der Waals surface area contributed by atoms with Crippen LogP contribution in [0.15, 0.2) is 12.7 Å². The molecule has 5 aliphatic carbocycles. The lowest BCUT2D eigenvalue weighted by Crippen LogP contribution is -2.57. The summed E-state index contributed by atoms with van der Waals surface area (Å²) in [5, 5.41) is 3.28. The molecule has 7 aliphatic rings. The monoisotopic (exact) mass is 898 g/mol. The number of allylic oxidation sites excluding steroid dienone is 1. The third-order valence-electron chi connectivity index (χ3n) is 17.9. The molecule has 2 spiro atoms. The molecule has 0 aromatic carbocycles. The number of rotatable bonds is 19. The minimum Gasteiger partial charge on any atom is -0.383 e. The number of Topliss-reactive ketones (excluding diaryl/α,β-unsaturated/α-hetero) is 2. The second kappa shape index (κ2) is 17.8. The van der Waals surface area contributed by atoms with Crippen molar-refractivity contribution in [3.63, 3.8) is 0 Å². The summed E-state index contributed by atoms with van der Waals surface area (Å²) in [5.74, 6) is -2.57. The SMILES string of the molecule is C=C[C@@H]1C[C@]1(CC(=O)[C@@H]1C[C@@]2(CN1C(=O)[C@@H](CC(=O)[C@@H](NC(=O)[C@@H]1CCCCN1C(C)C)C1CCCCC1)C(C)(C)C)C(C)(C)C21CCC1)C(=O)NS(=O)(=O)N(CCOC)C1CC1. The summed E-state index contributed by atoms with van der Waals surface area (Å²) in [6.07, 6.45) is 14.3. The molecule has 14 heteroatoms. The predicted octanol–water partition coefficient (Wildman–Crippen LogP) is 6.36. The van der Waals surface area contributed by atoms with Crippen molar-refractivity contribution in [3.05, 3.63) is 12.7 Å². The summed E-state index contributed by atoms with van der Waals surface area (Å²) in [6, 6.07) is -1.81. The van der Waals surface area contributed by atoms with E-state index in [2.05, 4.69) is 49.2 Å². The molecule has 7 fully saturated rings. The molecule has 3 amide bonds. The van der Waals surface area contributed by atoms with Crippen molar-refractivity contribution in [2.24, 2.45) is 44.8 Å². The topological polar surface area (TPSA) is 162 Å². The number of hydrogen-bond acceptors (Lipinski definition) is 9. The van der Waals surface area contributed by atoms with Gasteiger partial charge in [-0.05, 0) is 113 Å². The highest BCUT2D eigenvalue weighted by Crippen LogP contribution is 2.88. The zero-order valence-corrected chi connectivity index (χ0v) is 40.6. The van der Waals surface area contributed by atoms with Crippen LogP contribution in [-0.2, 0) is 38.9 Å². The van der Waals surface area contributed by atoms with Crippen LogP contribution in [-0.4, -0.2) is 115 Å². The molecule has 63 heavy (non-hydrogen) atoms. The van der Waals surface area contributed by atoms with Crippen molar-refractivity contribution in [1.82, 2.24) is 24.1 Å². The zero-order valence-electron chi connectivity index (χ0n) is 39.8. The molecule has 0 bridgehead atoms. The van der Waals surface area contributed by atoms with Crippen LogP contribution < -0.4 is 10.0 Å². The average molecular weight is 898 g/mol. The van der Waals surface area contributed by atoms with Gasteiger partial charge in [0.1, 0.15) is 0 Å². The number of fused-ring (bicyclic) bond motifs is 1. The molecule has 7 atom stereocenters. The van der Waals surface area contributed by atoms with Crippen molar-refractivity contribution >= 4 is 39.5 Å². The highest BCUT2D eigenvalue weighted by Gasteiger charge is 2.85. The van der Waals surface area contributed by atoms with E-state index in [9.17, 15) is 22.8 Å². The maximum Gasteiger partial charge on any atom is 0.304 e. The van der Waals surface area contributed by atoms with Crippen molar-refractivity contribution in [2.75, 3.05) is 33.4 Å². The predicted molar refractivity (Wildman–Crippen MR) is 242 cm³/mol. The molecule has 5 saturated carbocycles. The van der Waals surface area contributed by atoms with Gasteiger partial charge in [-0.15, -0.1) is 6.58 Å². The zero-order chi connectivity index (χ0) is 45.9. The lowest BCUT2D eigenvalue weighted by molar-refractivity contribution is -0.147. The van der Waals surface area contributed by atoms with E-state index in [0.717, 1.165) is 77.2 Å². The van der Waals surface area contributed by atoms with Gasteiger partial charge in [0.25, 0.3) is 0 Å². The minimum absolute atomic E-state index is 0.00374. The maximum atomic E-state index is 15.5. The summed E-state index contributed by atoms with van der Waals surface area (Å²) < 4.78 is 36.1. The number of ketones is 2. The number of hydrogen-bond donors (Lipinski definition) is 2. The molecule has 2 heterocycles. The average Bonchev–Trinajstić information content (AvgIpc) is 4.16. The molecule has 13 nitrogen and oxygen atoms in total. The fourth-order valence-electron chi connectivity index (χ4n) is 13.4. The Morgan fingerprint density at radius 2 is 1.57 bits per heavy atom. The van der Waals surface area contributed by atoms with E-state index in [-0.39, 0.29) is 96.1 Å². The summed E-state index contributed by atoms with van der Waals surface area (Å²) in [4.78, 5) is 77.7. The third-order valence-corrected chi connectivity index (χ3v) is 19.4. The van der Waals surface area contributed by atoms with Crippen LogP contribution in [0.2, 0.25) is 0 Å². The number of piperidine rings is 1. The summed E-state index contributed by atoms with van der Waals surface area (Å²) in [6.45, 7) is 20.2. The Morgan fingerprint density at radius 1 is 0.905 bits per heavy atom. The number of carbonyl (C=O) groups excluding carboxylic acids is 5. The van der Waals surface area contributed by atoms with E-state index >= 15 is 9.59 Å². The Hall–Kier alpha value is -2.68. The summed E-state index contributed by atoms with van der Waals surface area (Å²) >= 11 is 0. The van der Waals surface area contributed by atoms with E-state index in [0.29, 0.717) is 25.8 Å². The molecular weight excluding hydrogens is 819 g/mol. The van der Waals surface area contributed by atoms with Crippen molar-refractivity contribution in [1.29, 1.82) is 0 Å². The van der Waals surface area contributed by atoms with Gasteiger partial charge in [-0.1, -0.05) is 72.8 Å². The maximum absolute atomic E-state index is 15.5. The molecular formula is C49H79N5O8S. The van der Waals surface area contributed by atoms with Gasteiger partial charge in [-0.25, -0.2) is 4.72 Å². The smallest absolute Gasteiger partial charge is 0.304 e. The Bertz CT molecular complexity index is 1900. The fraction of sp³-hybridized carbons (Fsp3) is 0.857. The lowest BCUT2D eigenvalue weighted by atomic mass is 9.73. The number of ether oxygens (including phenoxy) is 1. The Labute approximate surface area is 378 Å². The molecule has 2 aliphatic heterocycles. The summed E-state index contributed by atoms with van der Waals surface area (Å²) in [5.41, 5.74) is -2.33.